The smallest absolute Gasteiger partial charge is 0.0757 e. The second kappa shape index (κ2) is 6.36. The first-order valence-corrected chi connectivity index (χ1v) is 7.55. The highest BCUT2D eigenvalue weighted by molar-refractivity contribution is 9.09. The molecule has 1 heterocycles. The van der Waals surface area contributed by atoms with Crippen LogP contribution in [-0.2, 0) is 4.74 Å². The first-order valence-electron chi connectivity index (χ1n) is 6.43. The van der Waals surface area contributed by atoms with Crippen molar-refractivity contribution in [3.8, 4) is 0 Å². The summed E-state index contributed by atoms with van der Waals surface area (Å²) in [6.07, 6.45) is 2.96. The molecule has 1 saturated heterocycles. The Kier molecular flexibility index (Phi) is 5.75. The van der Waals surface area contributed by atoms with E-state index in [1.807, 2.05) is 0 Å². The second-order valence-electron chi connectivity index (χ2n) is 5.69. The Hall–Kier alpha value is 0.400. The summed E-state index contributed by atoms with van der Waals surface area (Å²) in [6, 6.07) is 0. The molecule has 2 unspecified atom stereocenters. The van der Waals surface area contributed by atoms with Gasteiger partial charge in [0, 0.05) is 25.0 Å². The zero-order valence-corrected chi connectivity index (χ0v) is 12.7. The molecule has 0 aromatic rings. The number of hydrogen-bond acceptors (Lipinski definition) is 2. The average molecular weight is 292 g/mol. The molecule has 0 bridgehead atoms. The van der Waals surface area contributed by atoms with Gasteiger partial charge in [0.2, 0.25) is 0 Å². The predicted molar refractivity (Wildman–Crippen MR) is 73.3 cm³/mol. The van der Waals surface area contributed by atoms with Crippen LogP contribution in [0.2, 0.25) is 0 Å². The summed E-state index contributed by atoms with van der Waals surface area (Å²) in [5.41, 5.74) is 0.0146. The van der Waals surface area contributed by atoms with E-state index in [4.69, 9.17) is 4.74 Å². The van der Waals surface area contributed by atoms with E-state index < -0.39 is 0 Å². The Morgan fingerprint density at radius 2 is 2.19 bits per heavy atom. The largest absolute Gasteiger partial charge is 0.370 e. The van der Waals surface area contributed by atoms with Crippen molar-refractivity contribution in [3.05, 3.63) is 0 Å². The molecule has 16 heavy (non-hydrogen) atoms. The van der Waals surface area contributed by atoms with Crippen LogP contribution in [0.15, 0.2) is 0 Å². The topological polar surface area (TPSA) is 12.5 Å². The molecule has 0 radical (unpaired) electrons. The molecule has 0 aromatic carbocycles. The molecule has 0 saturated carbocycles. The van der Waals surface area contributed by atoms with Crippen LogP contribution in [0.25, 0.3) is 0 Å². The van der Waals surface area contributed by atoms with E-state index in [0.29, 0.717) is 6.10 Å². The summed E-state index contributed by atoms with van der Waals surface area (Å²) in [4.78, 5) is 2.57. The lowest BCUT2D eigenvalue weighted by Gasteiger charge is -2.42. The maximum Gasteiger partial charge on any atom is 0.0757 e. The van der Waals surface area contributed by atoms with Crippen LogP contribution in [0.4, 0.5) is 0 Å². The van der Waals surface area contributed by atoms with Crippen LogP contribution in [0.1, 0.15) is 40.5 Å². The van der Waals surface area contributed by atoms with Gasteiger partial charge in [-0.25, -0.2) is 0 Å². The lowest BCUT2D eigenvalue weighted by Crippen LogP contribution is -2.53. The molecule has 0 spiro atoms. The zero-order chi connectivity index (χ0) is 12.2. The lowest BCUT2D eigenvalue weighted by atomic mass is 10.0. The normalized spacial score (nSPS) is 27.9. The van der Waals surface area contributed by atoms with Crippen molar-refractivity contribution >= 4 is 15.9 Å². The van der Waals surface area contributed by atoms with Gasteiger partial charge in [0.05, 0.1) is 11.7 Å². The fourth-order valence-corrected chi connectivity index (χ4v) is 3.24. The van der Waals surface area contributed by atoms with E-state index in [1.54, 1.807) is 0 Å². The fraction of sp³-hybridized carbons (Fsp3) is 1.00. The number of halogens is 1. The van der Waals surface area contributed by atoms with E-state index in [1.165, 1.54) is 19.4 Å². The number of ether oxygens (including phenoxy) is 1. The third kappa shape index (κ3) is 4.72. The summed E-state index contributed by atoms with van der Waals surface area (Å²) < 4.78 is 5.93. The van der Waals surface area contributed by atoms with Gasteiger partial charge < -0.3 is 4.74 Å². The van der Waals surface area contributed by atoms with Crippen molar-refractivity contribution in [2.24, 2.45) is 5.92 Å². The second-order valence-corrected chi connectivity index (χ2v) is 6.34. The van der Waals surface area contributed by atoms with Crippen LogP contribution in [0, 0.1) is 5.92 Å². The van der Waals surface area contributed by atoms with Gasteiger partial charge in [-0.2, -0.15) is 0 Å². The molecule has 1 aliphatic rings. The van der Waals surface area contributed by atoms with Crippen LogP contribution >= 0.6 is 15.9 Å². The van der Waals surface area contributed by atoms with Crippen molar-refractivity contribution in [2.45, 2.75) is 52.2 Å². The van der Waals surface area contributed by atoms with Crippen molar-refractivity contribution in [2.75, 3.05) is 25.0 Å². The Morgan fingerprint density at radius 3 is 2.69 bits per heavy atom. The molecular formula is C13H26BrNO. The number of hydrogen-bond donors (Lipinski definition) is 0. The highest BCUT2D eigenvalue weighted by Gasteiger charge is 2.31. The van der Waals surface area contributed by atoms with Crippen molar-refractivity contribution in [3.63, 3.8) is 0 Å². The van der Waals surface area contributed by atoms with Gasteiger partial charge in [-0.3, -0.25) is 4.90 Å². The standard InChI is InChI=1S/C13H26BrNO/c1-5-6-12(7-14)9-15-8-11(2)16-13(3,4)10-15/h11-12H,5-10H2,1-4H3. The van der Waals surface area contributed by atoms with Crippen molar-refractivity contribution in [1.29, 1.82) is 0 Å². The third-order valence-corrected chi connectivity index (χ3v) is 3.99. The van der Waals surface area contributed by atoms with E-state index in [9.17, 15) is 0 Å². The maximum absolute atomic E-state index is 5.93. The molecule has 1 fully saturated rings. The number of rotatable bonds is 5. The summed E-state index contributed by atoms with van der Waals surface area (Å²) in [7, 11) is 0. The van der Waals surface area contributed by atoms with Gasteiger partial charge in [0.15, 0.2) is 0 Å². The van der Waals surface area contributed by atoms with Gasteiger partial charge in [-0.1, -0.05) is 29.3 Å². The molecule has 2 nitrogen and oxygen atoms in total. The Balaban J connectivity index is 2.46. The Labute approximate surface area is 109 Å². The summed E-state index contributed by atoms with van der Waals surface area (Å²) in [5, 5.41) is 1.12. The summed E-state index contributed by atoms with van der Waals surface area (Å²) in [6.45, 7) is 12.2. The third-order valence-electron chi connectivity index (χ3n) is 3.07. The van der Waals surface area contributed by atoms with Crippen LogP contribution in [0.3, 0.4) is 0 Å². The fourth-order valence-electron chi connectivity index (χ4n) is 2.72. The molecule has 0 N–H and O–H groups in total. The summed E-state index contributed by atoms with van der Waals surface area (Å²) >= 11 is 3.63. The molecule has 1 rings (SSSR count). The van der Waals surface area contributed by atoms with Gasteiger partial charge >= 0.3 is 0 Å². The lowest BCUT2D eigenvalue weighted by molar-refractivity contribution is -0.130. The highest BCUT2D eigenvalue weighted by Crippen LogP contribution is 2.22. The number of alkyl halides is 1. The van der Waals surface area contributed by atoms with Gasteiger partial charge in [-0.05, 0) is 33.1 Å². The van der Waals surface area contributed by atoms with E-state index in [0.717, 1.165) is 24.3 Å². The average Bonchev–Trinajstić information content (AvgIpc) is 2.13. The van der Waals surface area contributed by atoms with E-state index in [2.05, 4.69) is 48.5 Å². The number of nitrogens with zero attached hydrogens (tertiary/aromatic N) is 1. The number of morpholine rings is 1. The van der Waals surface area contributed by atoms with Gasteiger partial charge in [0.25, 0.3) is 0 Å². The molecular weight excluding hydrogens is 266 g/mol. The molecule has 3 heteroatoms. The first-order chi connectivity index (χ1) is 7.46. The molecule has 0 amide bonds. The Morgan fingerprint density at radius 1 is 1.50 bits per heavy atom. The molecule has 2 atom stereocenters. The monoisotopic (exact) mass is 291 g/mol. The zero-order valence-electron chi connectivity index (χ0n) is 11.1. The van der Waals surface area contributed by atoms with Crippen molar-refractivity contribution < 1.29 is 4.74 Å². The minimum atomic E-state index is 0.0146. The molecule has 0 aromatic heterocycles. The predicted octanol–water partition coefficient (Wildman–Crippen LogP) is 3.30. The van der Waals surface area contributed by atoms with Crippen LogP contribution in [0.5, 0.6) is 0 Å². The van der Waals surface area contributed by atoms with Crippen molar-refractivity contribution in [1.82, 2.24) is 4.90 Å². The SMILES string of the molecule is CCCC(CBr)CN1CC(C)OC(C)(C)C1. The first kappa shape index (κ1) is 14.5. The Bertz CT molecular complexity index is 208. The van der Waals surface area contributed by atoms with E-state index >= 15 is 0 Å². The quantitative estimate of drug-likeness (QED) is 0.721. The molecule has 1 aliphatic heterocycles. The summed E-state index contributed by atoms with van der Waals surface area (Å²) in [5.74, 6) is 0.783. The van der Waals surface area contributed by atoms with Crippen LogP contribution < -0.4 is 0 Å². The maximum atomic E-state index is 5.93. The van der Waals surface area contributed by atoms with Crippen LogP contribution in [-0.4, -0.2) is 41.6 Å². The van der Waals surface area contributed by atoms with Gasteiger partial charge in [0.1, 0.15) is 0 Å². The van der Waals surface area contributed by atoms with Gasteiger partial charge in [-0.15, -0.1) is 0 Å². The minimum absolute atomic E-state index is 0.0146. The van der Waals surface area contributed by atoms with E-state index in [-0.39, 0.29) is 5.60 Å². The highest BCUT2D eigenvalue weighted by atomic mass is 79.9. The minimum Gasteiger partial charge on any atom is -0.370 e. The molecule has 0 aliphatic carbocycles. The molecule has 96 valence electrons.